The summed E-state index contributed by atoms with van der Waals surface area (Å²) in [5.41, 5.74) is 0.527. The van der Waals surface area contributed by atoms with Gasteiger partial charge in [0.25, 0.3) is 0 Å². The predicted octanol–water partition coefficient (Wildman–Crippen LogP) is 3.62. The van der Waals surface area contributed by atoms with Crippen molar-refractivity contribution >= 4 is 27.6 Å². The van der Waals surface area contributed by atoms with Gasteiger partial charge in [-0.2, -0.15) is 0 Å². The Morgan fingerprint density at radius 1 is 1.35 bits per heavy atom. The van der Waals surface area contributed by atoms with Crippen molar-refractivity contribution in [3.05, 3.63) is 40.1 Å². The third kappa shape index (κ3) is 3.34. The first-order chi connectivity index (χ1) is 9.51. The van der Waals surface area contributed by atoms with Gasteiger partial charge >= 0.3 is 0 Å². The predicted molar refractivity (Wildman–Crippen MR) is 76.2 cm³/mol. The van der Waals surface area contributed by atoms with E-state index in [1.165, 1.54) is 12.1 Å². The van der Waals surface area contributed by atoms with Crippen LogP contribution in [0.15, 0.2) is 22.8 Å². The molecule has 0 atom stereocenters. The van der Waals surface area contributed by atoms with Crippen molar-refractivity contribution < 1.29 is 13.5 Å². The van der Waals surface area contributed by atoms with E-state index < -0.39 is 11.6 Å². The first kappa shape index (κ1) is 14.9. The highest BCUT2D eigenvalue weighted by Crippen LogP contribution is 2.26. The van der Waals surface area contributed by atoms with Gasteiger partial charge in [-0.05, 0) is 19.1 Å². The number of anilines is 2. The molecular formula is C13H14BrF2N3O. The highest BCUT2D eigenvalue weighted by Gasteiger charge is 2.14. The molecule has 0 fully saturated rings. The standard InChI is InChI=1S/C13H14BrF2N3O/c1-8-7-19(3-4-20-2)13(17-8)18-12-10(15)5-9(14)6-11(12)16/h5-7H,3-4H2,1-2H3,(H,17,18). The molecule has 0 radical (unpaired) electrons. The van der Waals surface area contributed by atoms with Crippen LogP contribution in [-0.4, -0.2) is 23.3 Å². The van der Waals surface area contributed by atoms with Crippen LogP contribution in [0.3, 0.4) is 0 Å². The van der Waals surface area contributed by atoms with Crippen molar-refractivity contribution in [1.29, 1.82) is 0 Å². The van der Waals surface area contributed by atoms with Gasteiger partial charge in [0, 0.05) is 24.3 Å². The molecule has 0 aliphatic rings. The number of nitrogens with one attached hydrogen (secondary N) is 1. The molecule has 1 aromatic carbocycles. The van der Waals surface area contributed by atoms with Crippen LogP contribution in [0.5, 0.6) is 0 Å². The molecule has 0 spiro atoms. The fourth-order valence-electron chi connectivity index (χ4n) is 1.78. The molecule has 0 bridgehead atoms. The largest absolute Gasteiger partial charge is 0.383 e. The summed E-state index contributed by atoms with van der Waals surface area (Å²) in [4.78, 5) is 4.21. The number of rotatable bonds is 5. The number of nitrogens with zero attached hydrogens (tertiary/aromatic N) is 2. The Hall–Kier alpha value is -1.47. The van der Waals surface area contributed by atoms with E-state index >= 15 is 0 Å². The Balaban J connectivity index is 2.30. The van der Waals surface area contributed by atoms with Crippen LogP contribution in [0.2, 0.25) is 0 Å². The van der Waals surface area contributed by atoms with E-state index in [2.05, 4.69) is 26.2 Å². The van der Waals surface area contributed by atoms with E-state index in [4.69, 9.17) is 4.74 Å². The third-order valence-electron chi connectivity index (χ3n) is 2.68. The lowest BCUT2D eigenvalue weighted by Gasteiger charge is -2.11. The van der Waals surface area contributed by atoms with Crippen LogP contribution < -0.4 is 5.32 Å². The third-order valence-corrected chi connectivity index (χ3v) is 3.13. The number of hydrogen-bond donors (Lipinski definition) is 1. The molecule has 2 rings (SSSR count). The van der Waals surface area contributed by atoms with Crippen LogP contribution in [0, 0.1) is 18.6 Å². The van der Waals surface area contributed by atoms with Crippen LogP contribution >= 0.6 is 15.9 Å². The van der Waals surface area contributed by atoms with Crippen molar-refractivity contribution in [2.24, 2.45) is 0 Å². The van der Waals surface area contributed by atoms with Crippen molar-refractivity contribution in [1.82, 2.24) is 9.55 Å². The maximum absolute atomic E-state index is 13.8. The zero-order valence-electron chi connectivity index (χ0n) is 11.1. The maximum atomic E-state index is 13.8. The molecule has 1 aromatic heterocycles. The number of benzene rings is 1. The highest BCUT2D eigenvalue weighted by atomic mass is 79.9. The minimum Gasteiger partial charge on any atom is -0.383 e. The number of hydrogen-bond acceptors (Lipinski definition) is 3. The molecule has 1 N–H and O–H groups in total. The minimum absolute atomic E-state index is 0.225. The topological polar surface area (TPSA) is 39.1 Å². The summed E-state index contributed by atoms with van der Waals surface area (Å²) >= 11 is 3.04. The molecule has 20 heavy (non-hydrogen) atoms. The van der Waals surface area contributed by atoms with Gasteiger partial charge in [0.05, 0.1) is 12.3 Å². The lowest BCUT2D eigenvalue weighted by Crippen LogP contribution is -2.08. The molecule has 0 unspecified atom stereocenters. The molecule has 2 aromatic rings. The van der Waals surface area contributed by atoms with E-state index in [1.54, 1.807) is 17.9 Å². The van der Waals surface area contributed by atoms with Crippen molar-refractivity contribution in [3.63, 3.8) is 0 Å². The summed E-state index contributed by atoms with van der Waals surface area (Å²) in [5.74, 6) is -0.994. The average molecular weight is 346 g/mol. The second-order valence-electron chi connectivity index (χ2n) is 4.26. The molecule has 108 valence electrons. The van der Waals surface area contributed by atoms with Gasteiger partial charge in [-0.15, -0.1) is 0 Å². The summed E-state index contributed by atoms with van der Waals surface area (Å²) in [6.45, 7) is 2.83. The molecule has 7 heteroatoms. The fraction of sp³-hybridized carbons (Fsp3) is 0.308. The summed E-state index contributed by atoms with van der Waals surface area (Å²) in [5, 5.41) is 2.69. The number of aryl methyl sites for hydroxylation is 1. The van der Waals surface area contributed by atoms with Gasteiger partial charge in [0.2, 0.25) is 5.95 Å². The van der Waals surface area contributed by atoms with Gasteiger partial charge in [0.1, 0.15) is 5.69 Å². The molecular weight excluding hydrogens is 332 g/mol. The second-order valence-corrected chi connectivity index (χ2v) is 5.18. The van der Waals surface area contributed by atoms with Crippen molar-refractivity contribution in [2.75, 3.05) is 19.0 Å². The Morgan fingerprint density at radius 3 is 2.60 bits per heavy atom. The maximum Gasteiger partial charge on any atom is 0.207 e. The zero-order valence-corrected chi connectivity index (χ0v) is 12.7. The smallest absolute Gasteiger partial charge is 0.207 e. The first-order valence-corrected chi connectivity index (χ1v) is 6.75. The van der Waals surface area contributed by atoms with Crippen molar-refractivity contribution in [3.8, 4) is 0 Å². The van der Waals surface area contributed by atoms with Crippen molar-refractivity contribution in [2.45, 2.75) is 13.5 Å². The van der Waals surface area contributed by atoms with E-state index in [1.807, 2.05) is 6.92 Å². The summed E-state index contributed by atoms with van der Waals surface area (Å²) in [6, 6.07) is 2.39. The van der Waals surface area contributed by atoms with Gasteiger partial charge in [-0.3, -0.25) is 0 Å². The SMILES string of the molecule is COCCn1cc(C)nc1Nc1c(F)cc(Br)cc1F. The van der Waals surface area contributed by atoms with Gasteiger partial charge in [-0.1, -0.05) is 15.9 Å². The van der Waals surface area contributed by atoms with E-state index in [-0.39, 0.29) is 5.69 Å². The molecule has 0 saturated carbocycles. The highest BCUT2D eigenvalue weighted by molar-refractivity contribution is 9.10. The Labute approximate surface area is 123 Å². The van der Waals surface area contributed by atoms with Gasteiger partial charge in [-0.25, -0.2) is 13.8 Å². The van der Waals surface area contributed by atoms with Crippen LogP contribution in [0.4, 0.5) is 20.4 Å². The number of aromatic nitrogens is 2. The minimum atomic E-state index is -0.684. The quantitative estimate of drug-likeness (QED) is 0.899. The van der Waals surface area contributed by atoms with Crippen LogP contribution in [0.25, 0.3) is 0 Å². The Kier molecular flexibility index (Phi) is 4.72. The molecule has 0 aliphatic heterocycles. The number of halogens is 3. The van der Waals surface area contributed by atoms with Gasteiger partial charge in [0.15, 0.2) is 11.6 Å². The summed E-state index contributed by atoms with van der Waals surface area (Å²) in [6.07, 6.45) is 1.79. The number of methoxy groups -OCH3 is 1. The molecule has 1 heterocycles. The van der Waals surface area contributed by atoms with E-state index in [0.29, 0.717) is 23.6 Å². The van der Waals surface area contributed by atoms with Crippen LogP contribution in [-0.2, 0) is 11.3 Å². The molecule has 4 nitrogen and oxygen atoms in total. The molecule has 0 aliphatic carbocycles. The van der Waals surface area contributed by atoms with Gasteiger partial charge < -0.3 is 14.6 Å². The molecule has 0 amide bonds. The Bertz CT molecular complexity index is 593. The lowest BCUT2D eigenvalue weighted by atomic mass is 10.3. The Morgan fingerprint density at radius 2 is 2.00 bits per heavy atom. The van der Waals surface area contributed by atoms with Crippen LogP contribution in [0.1, 0.15) is 5.69 Å². The number of imidazole rings is 1. The zero-order chi connectivity index (χ0) is 14.7. The molecule has 0 saturated heterocycles. The van der Waals surface area contributed by atoms with E-state index in [9.17, 15) is 8.78 Å². The summed E-state index contributed by atoms with van der Waals surface area (Å²) < 4.78 is 34.7. The fourth-order valence-corrected chi connectivity index (χ4v) is 2.18. The van der Waals surface area contributed by atoms with E-state index in [0.717, 1.165) is 5.69 Å². The number of ether oxygens (including phenoxy) is 1. The monoisotopic (exact) mass is 345 g/mol. The lowest BCUT2D eigenvalue weighted by molar-refractivity contribution is 0.188. The normalized spacial score (nSPS) is 10.8. The second kappa shape index (κ2) is 6.32. The summed E-state index contributed by atoms with van der Waals surface area (Å²) in [7, 11) is 1.59. The average Bonchev–Trinajstić information content (AvgIpc) is 2.71. The first-order valence-electron chi connectivity index (χ1n) is 5.95.